The van der Waals surface area contributed by atoms with Gasteiger partial charge in [0.05, 0.1) is 5.52 Å². The molecule has 4 heteroatoms. The molecule has 0 saturated heterocycles. The van der Waals surface area contributed by atoms with Gasteiger partial charge in [-0.25, -0.2) is 9.97 Å². The minimum atomic E-state index is 0.623. The molecule has 2 aromatic heterocycles. The molecule has 1 fully saturated rings. The third-order valence-corrected chi connectivity index (χ3v) is 3.50. The highest BCUT2D eigenvalue weighted by molar-refractivity contribution is 9.10. The molecule has 0 radical (unpaired) electrons. The van der Waals surface area contributed by atoms with Gasteiger partial charge in [0, 0.05) is 16.6 Å². The molecular weight excluding hydrogens is 254 g/mol. The molecule has 1 saturated carbocycles. The third-order valence-electron chi connectivity index (χ3n) is 3.06. The summed E-state index contributed by atoms with van der Waals surface area (Å²) in [6, 6.07) is 2.04. The zero-order valence-corrected chi connectivity index (χ0v) is 9.92. The Morgan fingerprint density at radius 3 is 2.93 bits per heavy atom. The summed E-state index contributed by atoms with van der Waals surface area (Å²) in [6.07, 6.45) is 6.99. The first-order chi connectivity index (χ1) is 7.33. The van der Waals surface area contributed by atoms with Crippen LogP contribution in [0, 0.1) is 0 Å². The maximum absolute atomic E-state index is 4.55. The van der Waals surface area contributed by atoms with Gasteiger partial charge in [-0.2, -0.15) is 0 Å². The summed E-state index contributed by atoms with van der Waals surface area (Å²) in [5.41, 5.74) is 1.87. The van der Waals surface area contributed by atoms with Crippen molar-refractivity contribution in [1.29, 1.82) is 0 Å². The predicted molar refractivity (Wildman–Crippen MR) is 62.8 cm³/mol. The first-order valence-corrected chi connectivity index (χ1v) is 6.13. The Hall–Kier alpha value is -0.900. The van der Waals surface area contributed by atoms with Crippen LogP contribution >= 0.6 is 15.9 Å². The van der Waals surface area contributed by atoms with Gasteiger partial charge < -0.3 is 4.98 Å². The van der Waals surface area contributed by atoms with Gasteiger partial charge in [0.15, 0.2) is 5.65 Å². The van der Waals surface area contributed by atoms with Gasteiger partial charge in [-0.3, -0.25) is 0 Å². The van der Waals surface area contributed by atoms with Crippen molar-refractivity contribution >= 4 is 27.1 Å². The Kier molecular flexibility index (Phi) is 2.24. The largest absolute Gasteiger partial charge is 0.340 e. The number of hydrogen-bond donors (Lipinski definition) is 1. The molecule has 1 aliphatic carbocycles. The lowest BCUT2D eigenvalue weighted by atomic mass is 10.1. The van der Waals surface area contributed by atoms with E-state index in [1.165, 1.54) is 25.7 Å². The second kappa shape index (κ2) is 3.59. The van der Waals surface area contributed by atoms with Gasteiger partial charge in [-0.1, -0.05) is 12.8 Å². The molecule has 2 aromatic rings. The Morgan fingerprint density at radius 2 is 2.13 bits per heavy atom. The van der Waals surface area contributed by atoms with Gasteiger partial charge in [0.25, 0.3) is 0 Å². The molecule has 0 amide bonds. The molecular formula is C11H12BrN3. The molecule has 78 valence electrons. The van der Waals surface area contributed by atoms with Crippen molar-refractivity contribution in [2.75, 3.05) is 0 Å². The number of aromatic nitrogens is 3. The molecule has 2 heterocycles. The fraction of sp³-hybridized carbons (Fsp3) is 0.455. The minimum absolute atomic E-state index is 0.623. The average molecular weight is 266 g/mol. The van der Waals surface area contributed by atoms with Crippen LogP contribution in [0.1, 0.15) is 37.4 Å². The lowest BCUT2D eigenvalue weighted by molar-refractivity contribution is 0.681. The van der Waals surface area contributed by atoms with E-state index in [9.17, 15) is 0 Å². The van der Waals surface area contributed by atoms with E-state index in [2.05, 4.69) is 30.9 Å². The van der Waals surface area contributed by atoms with E-state index >= 15 is 0 Å². The van der Waals surface area contributed by atoms with Gasteiger partial charge in [-0.05, 0) is 34.8 Å². The zero-order chi connectivity index (χ0) is 10.3. The van der Waals surface area contributed by atoms with Crippen LogP contribution in [0.25, 0.3) is 11.2 Å². The Labute approximate surface area is 96.4 Å². The van der Waals surface area contributed by atoms with E-state index in [4.69, 9.17) is 0 Å². The fourth-order valence-electron chi connectivity index (χ4n) is 2.29. The summed E-state index contributed by atoms with van der Waals surface area (Å²) in [7, 11) is 0. The number of pyridine rings is 1. The standard InChI is InChI=1S/C11H12BrN3/c12-8-5-9-11(13-6-8)15-10(14-9)7-3-1-2-4-7/h5-7H,1-4H2,(H,13,14,15). The summed E-state index contributed by atoms with van der Waals surface area (Å²) < 4.78 is 0.997. The van der Waals surface area contributed by atoms with Crippen molar-refractivity contribution in [2.24, 2.45) is 0 Å². The van der Waals surface area contributed by atoms with Crippen LogP contribution in [0.5, 0.6) is 0 Å². The summed E-state index contributed by atoms with van der Waals surface area (Å²) in [5, 5.41) is 0. The van der Waals surface area contributed by atoms with Gasteiger partial charge in [-0.15, -0.1) is 0 Å². The predicted octanol–water partition coefficient (Wildman–Crippen LogP) is 3.38. The lowest BCUT2D eigenvalue weighted by Gasteiger charge is -2.02. The fourth-order valence-corrected chi connectivity index (χ4v) is 2.62. The number of H-pyrrole nitrogens is 1. The topological polar surface area (TPSA) is 41.6 Å². The number of nitrogens with one attached hydrogen (secondary N) is 1. The number of aromatic amines is 1. The minimum Gasteiger partial charge on any atom is -0.340 e. The third kappa shape index (κ3) is 1.67. The van der Waals surface area contributed by atoms with Crippen molar-refractivity contribution in [1.82, 2.24) is 15.0 Å². The maximum Gasteiger partial charge on any atom is 0.177 e. The van der Waals surface area contributed by atoms with Crippen LogP contribution in [-0.2, 0) is 0 Å². The molecule has 0 aromatic carbocycles. The Morgan fingerprint density at radius 1 is 1.33 bits per heavy atom. The zero-order valence-electron chi connectivity index (χ0n) is 8.33. The molecule has 0 atom stereocenters. The van der Waals surface area contributed by atoms with E-state index < -0.39 is 0 Å². The van der Waals surface area contributed by atoms with Crippen molar-refractivity contribution < 1.29 is 0 Å². The first kappa shape index (κ1) is 9.33. The Bertz CT molecular complexity index is 486. The van der Waals surface area contributed by atoms with E-state index in [0.29, 0.717) is 5.92 Å². The number of halogens is 1. The van der Waals surface area contributed by atoms with E-state index in [0.717, 1.165) is 21.5 Å². The molecule has 1 N–H and O–H groups in total. The average Bonchev–Trinajstić information content (AvgIpc) is 2.84. The molecule has 0 aliphatic heterocycles. The number of fused-ring (bicyclic) bond motifs is 1. The van der Waals surface area contributed by atoms with Crippen LogP contribution in [0.4, 0.5) is 0 Å². The summed E-state index contributed by atoms with van der Waals surface area (Å²) >= 11 is 3.41. The van der Waals surface area contributed by atoms with Crippen molar-refractivity contribution in [3.63, 3.8) is 0 Å². The number of imidazole rings is 1. The van der Waals surface area contributed by atoms with Crippen LogP contribution in [0.2, 0.25) is 0 Å². The van der Waals surface area contributed by atoms with E-state index in [-0.39, 0.29) is 0 Å². The highest BCUT2D eigenvalue weighted by Crippen LogP contribution is 2.33. The summed E-state index contributed by atoms with van der Waals surface area (Å²) in [5.74, 6) is 1.74. The van der Waals surface area contributed by atoms with E-state index in [1.54, 1.807) is 6.20 Å². The molecule has 3 nitrogen and oxygen atoms in total. The summed E-state index contributed by atoms with van der Waals surface area (Å²) in [4.78, 5) is 12.2. The van der Waals surface area contributed by atoms with Gasteiger partial charge in [0.1, 0.15) is 5.82 Å². The second-order valence-corrected chi connectivity index (χ2v) is 5.04. The van der Waals surface area contributed by atoms with Gasteiger partial charge >= 0.3 is 0 Å². The number of hydrogen-bond acceptors (Lipinski definition) is 2. The number of nitrogens with zero attached hydrogens (tertiary/aromatic N) is 2. The molecule has 0 bridgehead atoms. The molecule has 1 aliphatic rings. The van der Waals surface area contributed by atoms with E-state index in [1.807, 2.05) is 6.07 Å². The van der Waals surface area contributed by atoms with Crippen molar-refractivity contribution in [2.45, 2.75) is 31.6 Å². The monoisotopic (exact) mass is 265 g/mol. The Balaban J connectivity index is 2.05. The number of rotatable bonds is 1. The first-order valence-electron chi connectivity index (χ1n) is 5.34. The molecule has 3 rings (SSSR count). The maximum atomic E-state index is 4.55. The van der Waals surface area contributed by atoms with Crippen LogP contribution in [0.3, 0.4) is 0 Å². The highest BCUT2D eigenvalue weighted by atomic mass is 79.9. The summed E-state index contributed by atoms with van der Waals surface area (Å²) in [6.45, 7) is 0. The van der Waals surface area contributed by atoms with Crippen LogP contribution < -0.4 is 0 Å². The van der Waals surface area contributed by atoms with Crippen molar-refractivity contribution in [3.05, 3.63) is 22.6 Å². The van der Waals surface area contributed by atoms with Crippen LogP contribution in [0.15, 0.2) is 16.7 Å². The highest BCUT2D eigenvalue weighted by Gasteiger charge is 2.20. The normalized spacial score (nSPS) is 17.7. The van der Waals surface area contributed by atoms with Crippen LogP contribution in [-0.4, -0.2) is 15.0 Å². The smallest absolute Gasteiger partial charge is 0.177 e. The molecule has 0 spiro atoms. The SMILES string of the molecule is Brc1cnc2nc(C3CCCC3)[nH]c2c1. The second-order valence-electron chi connectivity index (χ2n) is 4.13. The molecule has 0 unspecified atom stereocenters. The lowest BCUT2D eigenvalue weighted by Crippen LogP contribution is -1.94. The van der Waals surface area contributed by atoms with Crippen molar-refractivity contribution in [3.8, 4) is 0 Å². The molecule has 15 heavy (non-hydrogen) atoms. The quantitative estimate of drug-likeness (QED) is 0.859. The van der Waals surface area contributed by atoms with Gasteiger partial charge in [0.2, 0.25) is 0 Å².